The zero-order chi connectivity index (χ0) is 17.1. The molecule has 3 rings (SSSR count). The van der Waals surface area contributed by atoms with Crippen LogP contribution in [-0.2, 0) is 4.79 Å². The lowest BCUT2D eigenvalue weighted by molar-refractivity contribution is -0.402. The van der Waals surface area contributed by atoms with Gasteiger partial charge in [-0.3, -0.25) is 14.9 Å². The normalized spacial score (nSPS) is 16.5. The number of thioether (sulfide) groups is 1. The van der Waals surface area contributed by atoms with Gasteiger partial charge in [0.2, 0.25) is 0 Å². The number of nitrogens with zero attached hydrogens (tertiary/aromatic N) is 3. The second-order valence-electron chi connectivity index (χ2n) is 4.58. The van der Waals surface area contributed by atoms with E-state index in [-0.39, 0.29) is 20.9 Å². The Labute approximate surface area is 145 Å². The maximum atomic E-state index is 12.3. The molecule has 7 nitrogen and oxygen atoms in total. The van der Waals surface area contributed by atoms with Gasteiger partial charge in [-0.1, -0.05) is 42.1 Å². The van der Waals surface area contributed by atoms with Gasteiger partial charge in [-0.25, -0.2) is 0 Å². The fourth-order valence-electron chi connectivity index (χ4n) is 1.87. The fourth-order valence-corrected chi connectivity index (χ4v) is 3.02. The molecule has 0 aliphatic carbocycles. The van der Waals surface area contributed by atoms with Crippen molar-refractivity contribution in [2.45, 2.75) is 0 Å². The smallest absolute Gasteiger partial charge is 0.401 e. The largest absolute Gasteiger partial charge is 0.433 e. The predicted octanol–water partition coefficient (Wildman–Crippen LogP) is 3.42. The molecular weight excluding hydrogens is 350 g/mol. The first kappa shape index (κ1) is 16.1. The number of carbonyl (C=O) groups excluding carboxylic acids is 1. The van der Waals surface area contributed by atoms with Crippen LogP contribution in [0.5, 0.6) is 0 Å². The third kappa shape index (κ3) is 3.42. The van der Waals surface area contributed by atoms with Crippen molar-refractivity contribution >= 4 is 52.4 Å². The molecule has 120 valence electrons. The molecule has 1 aromatic carbocycles. The number of benzene rings is 1. The van der Waals surface area contributed by atoms with Crippen molar-refractivity contribution in [3.05, 3.63) is 68.8 Å². The van der Waals surface area contributed by atoms with E-state index in [9.17, 15) is 14.9 Å². The summed E-state index contributed by atoms with van der Waals surface area (Å²) in [6.45, 7) is 0. The molecular formula is C15H9N3O4S2. The van der Waals surface area contributed by atoms with E-state index in [0.29, 0.717) is 0 Å². The van der Waals surface area contributed by atoms with Crippen LogP contribution in [0.2, 0.25) is 0 Å². The van der Waals surface area contributed by atoms with Crippen molar-refractivity contribution in [1.82, 2.24) is 5.01 Å². The van der Waals surface area contributed by atoms with Crippen LogP contribution in [0.3, 0.4) is 0 Å². The van der Waals surface area contributed by atoms with Crippen LogP contribution in [0, 0.1) is 10.1 Å². The Morgan fingerprint density at radius 2 is 2.00 bits per heavy atom. The number of carbonyl (C=O) groups is 1. The summed E-state index contributed by atoms with van der Waals surface area (Å²) in [6, 6.07) is 11.9. The summed E-state index contributed by atoms with van der Waals surface area (Å²) in [5, 5.41) is 15.8. The van der Waals surface area contributed by atoms with Gasteiger partial charge in [0.1, 0.15) is 10.7 Å². The van der Waals surface area contributed by atoms with Crippen LogP contribution in [0.25, 0.3) is 6.08 Å². The number of amides is 1. The molecule has 0 unspecified atom stereocenters. The number of thiocarbonyl (C=S) groups is 1. The van der Waals surface area contributed by atoms with Crippen LogP contribution in [-0.4, -0.2) is 26.4 Å². The van der Waals surface area contributed by atoms with Crippen LogP contribution < -0.4 is 0 Å². The average Bonchev–Trinajstić information content (AvgIpc) is 3.13. The van der Waals surface area contributed by atoms with E-state index in [0.717, 1.165) is 22.3 Å². The molecule has 0 N–H and O–H groups in total. The molecule has 2 aromatic rings. The molecule has 1 aliphatic rings. The SMILES string of the molecule is O=C1/C(=C\c2ccc([N+](=O)[O-])o2)SC(=S)N1/N=C/c1ccccc1. The molecule has 1 aromatic heterocycles. The Hall–Kier alpha value is -2.78. The standard InChI is InChI=1S/C15H9N3O4S2/c19-14-12(8-11-6-7-13(22-11)18(20)21)24-15(23)17(14)16-9-10-4-2-1-3-5-10/h1-9H/b12-8+,16-9+. The minimum Gasteiger partial charge on any atom is -0.401 e. The zero-order valence-electron chi connectivity index (χ0n) is 12.0. The predicted molar refractivity (Wildman–Crippen MR) is 94.4 cm³/mol. The zero-order valence-corrected chi connectivity index (χ0v) is 13.6. The van der Waals surface area contributed by atoms with Crippen molar-refractivity contribution in [2.75, 3.05) is 0 Å². The Balaban J connectivity index is 1.79. The number of furan rings is 1. The minimum atomic E-state index is -0.646. The van der Waals surface area contributed by atoms with E-state index >= 15 is 0 Å². The van der Waals surface area contributed by atoms with Crippen LogP contribution in [0.4, 0.5) is 5.88 Å². The lowest BCUT2D eigenvalue weighted by Crippen LogP contribution is -2.22. The van der Waals surface area contributed by atoms with E-state index in [2.05, 4.69) is 5.10 Å². The summed E-state index contributed by atoms with van der Waals surface area (Å²) in [4.78, 5) is 22.6. The third-order valence-corrected chi connectivity index (χ3v) is 4.24. The summed E-state index contributed by atoms with van der Waals surface area (Å²) in [7, 11) is 0. The number of hydrazone groups is 1. The monoisotopic (exact) mass is 359 g/mol. The van der Waals surface area contributed by atoms with E-state index in [4.69, 9.17) is 16.6 Å². The van der Waals surface area contributed by atoms with Crippen molar-refractivity contribution in [1.29, 1.82) is 0 Å². The van der Waals surface area contributed by atoms with E-state index in [1.165, 1.54) is 24.4 Å². The summed E-state index contributed by atoms with van der Waals surface area (Å²) in [5.41, 5.74) is 0.831. The van der Waals surface area contributed by atoms with Gasteiger partial charge in [0.25, 0.3) is 5.91 Å². The fraction of sp³-hybridized carbons (Fsp3) is 0. The van der Waals surface area contributed by atoms with Crippen LogP contribution in [0.15, 0.2) is 56.9 Å². The molecule has 2 heterocycles. The highest BCUT2D eigenvalue weighted by Gasteiger charge is 2.32. The Kier molecular flexibility index (Phi) is 4.54. The Morgan fingerprint density at radius 1 is 1.25 bits per heavy atom. The summed E-state index contributed by atoms with van der Waals surface area (Å²) in [6.07, 6.45) is 2.94. The minimum absolute atomic E-state index is 0.203. The first-order valence-electron chi connectivity index (χ1n) is 6.66. The van der Waals surface area contributed by atoms with Gasteiger partial charge in [0.05, 0.1) is 17.2 Å². The first-order chi connectivity index (χ1) is 11.5. The highest BCUT2D eigenvalue weighted by Crippen LogP contribution is 2.33. The van der Waals surface area contributed by atoms with Gasteiger partial charge >= 0.3 is 5.88 Å². The Bertz CT molecular complexity index is 874. The number of rotatable bonds is 4. The molecule has 24 heavy (non-hydrogen) atoms. The number of hydrogen-bond acceptors (Lipinski definition) is 7. The molecule has 1 aliphatic heterocycles. The molecule has 0 saturated carbocycles. The summed E-state index contributed by atoms with van der Waals surface area (Å²) >= 11 is 6.20. The molecule has 9 heteroatoms. The lowest BCUT2D eigenvalue weighted by Gasteiger charge is -2.05. The van der Waals surface area contributed by atoms with Crippen LogP contribution in [0.1, 0.15) is 11.3 Å². The molecule has 1 amide bonds. The van der Waals surface area contributed by atoms with E-state index in [1.807, 2.05) is 30.3 Å². The average molecular weight is 359 g/mol. The van der Waals surface area contributed by atoms with Gasteiger partial charge in [-0.15, -0.1) is 0 Å². The van der Waals surface area contributed by atoms with E-state index < -0.39 is 10.8 Å². The van der Waals surface area contributed by atoms with Crippen LogP contribution >= 0.6 is 24.0 Å². The van der Waals surface area contributed by atoms with Crippen molar-refractivity contribution in [2.24, 2.45) is 5.10 Å². The molecule has 0 atom stereocenters. The van der Waals surface area contributed by atoms with Gasteiger partial charge in [-0.05, 0) is 23.8 Å². The second-order valence-corrected chi connectivity index (χ2v) is 6.26. The molecule has 0 spiro atoms. The number of nitro groups is 1. The second kappa shape index (κ2) is 6.77. The summed E-state index contributed by atoms with van der Waals surface area (Å²) < 4.78 is 5.29. The maximum Gasteiger partial charge on any atom is 0.433 e. The summed E-state index contributed by atoms with van der Waals surface area (Å²) in [5.74, 6) is -0.593. The quantitative estimate of drug-likeness (QED) is 0.273. The van der Waals surface area contributed by atoms with E-state index in [1.54, 1.807) is 0 Å². The number of hydrogen-bond donors (Lipinski definition) is 0. The molecule has 0 radical (unpaired) electrons. The topological polar surface area (TPSA) is 88.9 Å². The Morgan fingerprint density at radius 3 is 2.67 bits per heavy atom. The molecule has 0 bridgehead atoms. The van der Waals surface area contributed by atoms with Crippen molar-refractivity contribution in [3.63, 3.8) is 0 Å². The molecule has 1 fully saturated rings. The highest BCUT2D eigenvalue weighted by atomic mass is 32.2. The lowest BCUT2D eigenvalue weighted by atomic mass is 10.2. The molecule has 1 saturated heterocycles. The van der Waals surface area contributed by atoms with Crippen molar-refractivity contribution in [3.8, 4) is 0 Å². The van der Waals surface area contributed by atoms with Gasteiger partial charge in [0.15, 0.2) is 4.32 Å². The first-order valence-corrected chi connectivity index (χ1v) is 7.88. The van der Waals surface area contributed by atoms with Gasteiger partial charge in [0, 0.05) is 6.08 Å². The van der Waals surface area contributed by atoms with Gasteiger partial charge < -0.3 is 4.42 Å². The van der Waals surface area contributed by atoms with Gasteiger partial charge in [-0.2, -0.15) is 10.1 Å². The maximum absolute atomic E-state index is 12.3. The highest BCUT2D eigenvalue weighted by molar-refractivity contribution is 8.26. The van der Waals surface area contributed by atoms with Crippen molar-refractivity contribution < 1.29 is 14.1 Å². The third-order valence-electron chi connectivity index (χ3n) is 2.96.